The second-order valence-corrected chi connectivity index (χ2v) is 8.91. The van der Waals surface area contributed by atoms with E-state index in [4.69, 9.17) is 13.7 Å². The van der Waals surface area contributed by atoms with E-state index in [9.17, 15) is 4.39 Å². The van der Waals surface area contributed by atoms with Gasteiger partial charge in [0, 0.05) is 25.1 Å². The van der Waals surface area contributed by atoms with Gasteiger partial charge in [-0.2, -0.15) is 4.57 Å². The van der Waals surface area contributed by atoms with Crippen LogP contribution in [0, 0.1) is 25.2 Å². The van der Waals surface area contributed by atoms with E-state index < -0.39 is 18.1 Å². The van der Waals surface area contributed by atoms with Crippen LogP contribution in [0.1, 0.15) is 27.7 Å². The Balaban J connectivity index is 1.82. The zero-order chi connectivity index (χ0) is 25.8. The van der Waals surface area contributed by atoms with Gasteiger partial charge in [0.2, 0.25) is 11.9 Å². The lowest BCUT2D eigenvalue weighted by molar-refractivity contribution is -0.662. The van der Waals surface area contributed by atoms with Crippen molar-refractivity contribution in [2.24, 2.45) is 13.0 Å². The van der Waals surface area contributed by atoms with Gasteiger partial charge in [0.15, 0.2) is 11.5 Å². The fraction of sp³-hybridized carbons (Fsp3) is 0.200. The molecule has 0 fully saturated rings. The summed E-state index contributed by atoms with van der Waals surface area (Å²) in [5.74, 6) is -0.984. The molecule has 0 bridgehead atoms. The molecule has 0 saturated carbocycles. The third kappa shape index (κ3) is 3.64. The molecule has 5 aromatic rings. The van der Waals surface area contributed by atoms with E-state index in [2.05, 4.69) is 4.85 Å². The lowest BCUT2D eigenvalue weighted by Gasteiger charge is -2.10. The van der Waals surface area contributed by atoms with Gasteiger partial charge < -0.3 is 4.42 Å². The number of hydrogen-bond donors (Lipinski definition) is 0. The van der Waals surface area contributed by atoms with Crippen molar-refractivity contribution in [1.29, 1.82) is 0 Å². The van der Waals surface area contributed by atoms with Crippen molar-refractivity contribution in [2.45, 2.75) is 27.1 Å². The maximum atomic E-state index is 15.0. The molecule has 0 aliphatic heterocycles. The van der Waals surface area contributed by atoms with Crippen molar-refractivity contribution in [3.05, 3.63) is 95.2 Å². The molecule has 168 valence electrons. The molecule has 0 atom stereocenters. The van der Waals surface area contributed by atoms with Crippen molar-refractivity contribution in [1.82, 2.24) is 0 Å². The average Bonchev–Trinajstić information content (AvgIpc) is 3.21. The van der Waals surface area contributed by atoms with Crippen LogP contribution < -0.4 is 4.57 Å². The average molecular weight is 452 g/mol. The molecule has 0 amide bonds. The molecule has 0 spiro atoms. The maximum Gasteiger partial charge on any atom is 0.216 e. The molecule has 0 N–H and O–H groups in total. The van der Waals surface area contributed by atoms with Gasteiger partial charge in [-0.05, 0) is 48.0 Å². The second kappa shape index (κ2) is 8.43. The molecule has 2 heterocycles. The summed E-state index contributed by atoms with van der Waals surface area (Å²) in [6.45, 7) is 13.2. The predicted molar refractivity (Wildman–Crippen MR) is 135 cm³/mol. The summed E-state index contributed by atoms with van der Waals surface area (Å²) in [7, 11) is 1.75. The zero-order valence-electron chi connectivity index (χ0n) is 21.6. The first kappa shape index (κ1) is 19.5. The Morgan fingerprint density at radius 2 is 1.85 bits per heavy atom. The normalized spacial score (nSPS) is 12.7. The number of aromatic nitrogens is 1. The minimum atomic E-state index is -1.84. The van der Waals surface area contributed by atoms with E-state index in [1.165, 1.54) is 6.20 Å². The van der Waals surface area contributed by atoms with Crippen LogP contribution in [0.5, 0.6) is 0 Å². The van der Waals surface area contributed by atoms with Crippen molar-refractivity contribution in [2.75, 3.05) is 0 Å². The van der Waals surface area contributed by atoms with Crippen LogP contribution in [0.25, 0.3) is 49.2 Å². The van der Waals surface area contributed by atoms with Gasteiger partial charge >= 0.3 is 0 Å². The van der Waals surface area contributed by atoms with Gasteiger partial charge in [0.05, 0.1) is 12.1 Å². The summed E-state index contributed by atoms with van der Waals surface area (Å²) in [5.41, 5.74) is 5.95. The maximum absolute atomic E-state index is 15.0. The molecule has 0 radical (unpaired) electrons. The first-order chi connectivity index (χ1) is 17.1. The highest BCUT2D eigenvalue weighted by Gasteiger charge is 2.24. The lowest BCUT2D eigenvalue weighted by atomic mass is 9.96. The van der Waals surface area contributed by atoms with Gasteiger partial charge in [-0.25, -0.2) is 9.24 Å². The molecule has 2 aromatic heterocycles. The van der Waals surface area contributed by atoms with E-state index in [1.807, 2.05) is 61.5 Å². The standard InChI is InChI=1S/C30H26FN2O/c1-18(2)13-21-14-27(33(5)17-25(21)31)29-19(3)11-12-22-24-15-26(32-4)23(16-28(24)34-30(22)29)20-9-7-6-8-10-20/h6-12,14-18H,13H2,1-3,5H3/q+1/i13D2. The Kier molecular flexibility index (Phi) is 4.83. The summed E-state index contributed by atoms with van der Waals surface area (Å²) in [4.78, 5) is 3.78. The number of pyridine rings is 1. The molecule has 0 unspecified atom stereocenters. The minimum Gasteiger partial charge on any atom is -0.455 e. The molecule has 0 aliphatic carbocycles. The van der Waals surface area contributed by atoms with Crippen molar-refractivity contribution < 1.29 is 16.1 Å². The third-order valence-corrected chi connectivity index (χ3v) is 6.10. The van der Waals surface area contributed by atoms with Crippen LogP contribution in [0.3, 0.4) is 0 Å². The molecule has 5 rings (SSSR count). The Morgan fingerprint density at radius 3 is 2.56 bits per heavy atom. The van der Waals surface area contributed by atoms with Gasteiger partial charge in [0.25, 0.3) is 0 Å². The molecule has 0 saturated heterocycles. The summed E-state index contributed by atoms with van der Waals surface area (Å²) in [5, 5.41) is 1.69. The van der Waals surface area contributed by atoms with Gasteiger partial charge in [-0.3, -0.25) is 0 Å². The van der Waals surface area contributed by atoms with Crippen molar-refractivity contribution in [3.8, 4) is 22.4 Å². The van der Waals surface area contributed by atoms with Crippen LogP contribution in [-0.2, 0) is 13.4 Å². The predicted octanol–water partition coefficient (Wildman–Crippen LogP) is 7.94. The highest BCUT2D eigenvalue weighted by atomic mass is 19.1. The van der Waals surface area contributed by atoms with Gasteiger partial charge in [0.1, 0.15) is 18.2 Å². The topological polar surface area (TPSA) is 21.4 Å². The van der Waals surface area contributed by atoms with Crippen LogP contribution in [0.4, 0.5) is 10.1 Å². The van der Waals surface area contributed by atoms with E-state index in [-0.39, 0.29) is 5.56 Å². The van der Waals surface area contributed by atoms with Crippen molar-refractivity contribution >= 4 is 27.6 Å². The van der Waals surface area contributed by atoms with Crippen LogP contribution >= 0.6 is 0 Å². The molecule has 4 heteroatoms. The smallest absolute Gasteiger partial charge is 0.216 e. The number of fused-ring (bicyclic) bond motifs is 3. The summed E-state index contributed by atoms with van der Waals surface area (Å²) in [6, 6.07) is 19.1. The lowest BCUT2D eigenvalue weighted by Crippen LogP contribution is -2.32. The first-order valence-corrected chi connectivity index (χ1v) is 11.3. The van der Waals surface area contributed by atoms with Gasteiger partial charge in [-0.15, -0.1) is 0 Å². The number of nitrogens with zero attached hydrogens (tertiary/aromatic N) is 2. The Bertz CT molecular complexity index is 1680. The second-order valence-electron chi connectivity index (χ2n) is 8.91. The number of benzene rings is 3. The summed E-state index contributed by atoms with van der Waals surface area (Å²) in [6.07, 6.45) is -0.506. The van der Waals surface area contributed by atoms with Crippen LogP contribution in [0.15, 0.2) is 71.3 Å². The Morgan fingerprint density at radius 1 is 1.09 bits per heavy atom. The number of halogens is 1. The zero-order valence-corrected chi connectivity index (χ0v) is 19.6. The van der Waals surface area contributed by atoms with Gasteiger partial charge in [-0.1, -0.05) is 56.3 Å². The number of furan rings is 1. The van der Waals surface area contributed by atoms with E-state index in [0.717, 1.165) is 33.0 Å². The number of hydrogen-bond acceptors (Lipinski definition) is 1. The number of aryl methyl sites for hydroxylation is 2. The minimum absolute atomic E-state index is 0.0276. The van der Waals surface area contributed by atoms with E-state index >= 15 is 0 Å². The molecule has 34 heavy (non-hydrogen) atoms. The Labute approximate surface area is 201 Å². The summed E-state index contributed by atoms with van der Waals surface area (Å²) < 4.78 is 40.1. The van der Waals surface area contributed by atoms with Crippen LogP contribution in [-0.4, -0.2) is 0 Å². The molecule has 3 aromatic carbocycles. The summed E-state index contributed by atoms with van der Waals surface area (Å²) >= 11 is 0. The highest BCUT2D eigenvalue weighted by molar-refractivity contribution is 6.12. The van der Waals surface area contributed by atoms with E-state index in [0.29, 0.717) is 22.5 Å². The largest absolute Gasteiger partial charge is 0.455 e. The quantitative estimate of drug-likeness (QED) is 0.201. The molecule has 0 aliphatic rings. The third-order valence-electron chi connectivity index (χ3n) is 6.10. The Hall–Kier alpha value is -3.97. The first-order valence-electron chi connectivity index (χ1n) is 12.3. The SMILES string of the molecule is [2H]C([2H])(c1cc(-c2c(C)ccc3c2oc2cc(-c4ccccc4)c([N+]#[C-])cc23)[n+](C)cc1F)C(C)C. The molecule has 3 nitrogen and oxygen atoms in total. The van der Waals surface area contributed by atoms with E-state index in [1.54, 1.807) is 31.5 Å². The fourth-order valence-electron chi connectivity index (χ4n) is 4.52. The molecular formula is C30H26FN2O+. The van der Waals surface area contributed by atoms with Crippen LogP contribution in [0.2, 0.25) is 0 Å². The fourth-order valence-corrected chi connectivity index (χ4v) is 4.52. The number of rotatable bonds is 4. The monoisotopic (exact) mass is 451 g/mol. The van der Waals surface area contributed by atoms with Crippen molar-refractivity contribution in [3.63, 3.8) is 0 Å². The highest BCUT2D eigenvalue weighted by Crippen LogP contribution is 2.42. The molecular weight excluding hydrogens is 423 g/mol.